The summed E-state index contributed by atoms with van der Waals surface area (Å²) >= 11 is 1.71. The van der Waals surface area contributed by atoms with Gasteiger partial charge in [0.1, 0.15) is 0 Å². The van der Waals surface area contributed by atoms with E-state index in [0.717, 1.165) is 48.7 Å². The smallest absolute Gasteiger partial charge is 0.254 e. The highest BCUT2D eigenvalue weighted by Crippen LogP contribution is 2.21. The Labute approximate surface area is 170 Å². The molecule has 1 amide bonds. The van der Waals surface area contributed by atoms with Gasteiger partial charge in [-0.05, 0) is 44.0 Å². The maximum Gasteiger partial charge on any atom is 0.254 e. The van der Waals surface area contributed by atoms with Crippen molar-refractivity contribution in [1.82, 2.24) is 15.2 Å². The molecule has 2 aliphatic rings. The molecule has 6 nitrogen and oxygen atoms in total. The third-order valence-electron chi connectivity index (χ3n) is 5.51. The van der Waals surface area contributed by atoms with Crippen molar-refractivity contribution in [1.29, 1.82) is 0 Å². The van der Waals surface area contributed by atoms with Gasteiger partial charge < -0.3 is 19.9 Å². The van der Waals surface area contributed by atoms with Gasteiger partial charge in [-0.1, -0.05) is 0 Å². The van der Waals surface area contributed by atoms with Gasteiger partial charge in [-0.25, -0.2) is 4.98 Å². The second kappa shape index (κ2) is 9.03. The summed E-state index contributed by atoms with van der Waals surface area (Å²) in [5, 5.41) is 6.90. The predicted octanol–water partition coefficient (Wildman–Crippen LogP) is 2.68. The minimum atomic E-state index is 0.107. The number of anilines is 1. The number of nitrogens with zero attached hydrogens (tertiary/aromatic N) is 3. The highest BCUT2D eigenvalue weighted by Gasteiger charge is 2.21. The lowest BCUT2D eigenvalue weighted by molar-refractivity contribution is 0.0303. The number of hydrogen-bond donors (Lipinski definition) is 1. The number of hydrogen-bond acceptors (Lipinski definition) is 6. The highest BCUT2D eigenvalue weighted by molar-refractivity contribution is 7.09. The van der Waals surface area contributed by atoms with E-state index in [2.05, 4.69) is 32.7 Å². The van der Waals surface area contributed by atoms with Crippen LogP contribution in [-0.2, 0) is 11.3 Å². The molecule has 0 bridgehead atoms. The summed E-state index contributed by atoms with van der Waals surface area (Å²) in [5.74, 6) is 0.107. The molecule has 0 unspecified atom stereocenters. The lowest BCUT2D eigenvalue weighted by Gasteiger charge is -2.34. The molecule has 1 N–H and O–H groups in total. The summed E-state index contributed by atoms with van der Waals surface area (Å²) in [7, 11) is 0. The van der Waals surface area contributed by atoms with Crippen LogP contribution in [0.25, 0.3) is 0 Å². The van der Waals surface area contributed by atoms with Gasteiger partial charge in [0, 0.05) is 55.4 Å². The Bertz CT molecular complexity index is 778. The van der Waals surface area contributed by atoms with Crippen LogP contribution in [-0.4, -0.2) is 61.2 Å². The fourth-order valence-corrected chi connectivity index (χ4v) is 4.46. The fraction of sp³-hybridized carbons (Fsp3) is 0.524. The zero-order chi connectivity index (χ0) is 19.3. The molecule has 2 fully saturated rings. The van der Waals surface area contributed by atoms with E-state index in [1.54, 1.807) is 11.3 Å². The Kier molecular flexibility index (Phi) is 6.24. The molecule has 2 aromatic rings. The summed E-state index contributed by atoms with van der Waals surface area (Å²) in [4.78, 5) is 21.4. The van der Waals surface area contributed by atoms with Crippen molar-refractivity contribution in [2.45, 2.75) is 32.4 Å². The first kappa shape index (κ1) is 19.4. The van der Waals surface area contributed by atoms with Gasteiger partial charge in [0.05, 0.1) is 23.9 Å². The quantitative estimate of drug-likeness (QED) is 0.836. The molecule has 3 heterocycles. The molecule has 150 valence electrons. The molecule has 0 aliphatic carbocycles. The van der Waals surface area contributed by atoms with Gasteiger partial charge in [0.25, 0.3) is 5.91 Å². The summed E-state index contributed by atoms with van der Waals surface area (Å²) in [6.45, 7) is 7.60. The Morgan fingerprint density at radius 1 is 1.18 bits per heavy atom. The molecular weight excluding hydrogens is 372 g/mol. The van der Waals surface area contributed by atoms with E-state index in [4.69, 9.17) is 4.74 Å². The number of aryl methyl sites for hydroxylation is 1. The third-order valence-corrected chi connectivity index (χ3v) is 6.33. The molecule has 1 aromatic heterocycles. The van der Waals surface area contributed by atoms with E-state index in [9.17, 15) is 4.79 Å². The molecule has 0 radical (unpaired) electrons. The lowest BCUT2D eigenvalue weighted by atomic mass is 10.0. The number of rotatable bonds is 5. The summed E-state index contributed by atoms with van der Waals surface area (Å²) in [6, 6.07) is 8.63. The first-order valence-corrected chi connectivity index (χ1v) is 10.9. The van der Waals surface area contributed by atoms with E-state index in [1.807, 2.05) is 24.0 Å². The zero-order valence-electron chi connectivity index (χ0n) is 16.4. The zero-order valence-corrected chi connectivity index (χ0v) is 17.2. The number of aromatic nitrogens is 1. The number of thiazole rings is 1. The van der Waals surface area contributed by atoms with Gasteiger partial charge in [-0.3, -0.25) is 4.79 Å². The van der Waals surface area contributed by atoms with Gasteiger partial charge in [0.15, 0.2) is 0 Å². The highest BCUT2D eigenvalue weighted by atomic mass is 32.1. The van der Waals surface area contributed by atoms with Crippen LogP contribution < -0.4 is 10.2 Å². The second-order valence-corrected chi connectivity index (χ2v) is 8.51. The lowest BCUT2D eigenvalue weighted by Crippen LogP contribution is -2.42. The van der Waals surface area contributed by atoms with E-state index < -0.39 is 0 Å². The minimum Gasteiger partial charge on any atom is -0.378 e. The van der Waals surface area contributed by atoms with Gasteiger partial charge in [-0.15, -0.1) is 11.3 Å². The van der Waals surface area contributed by atoms with Crippen molar-refractivity contribution in [2.75, 3.05) is 44.3 Å². The summed E-state index contributed by atoms with van der Waals surface area (Å²) in [6.07, 6.45) is 2.25. The minimum absolute atomic E-state index is 0.107. The fourth-order valence-electron chi connectivity index (χ4n) is 3.84. The first-order valence-electron chi connectivity index (χ1n) is 10.1. The molecule has 0 saturated carbocycles. The van der Waals surface area contributed by atoms with Gasteiger partial charge >= 0.3 is 0 Å². The normalized spacial score (nSPS) is 18.5. The number of amides is 1. The Hall–Kier alpha value is -1.96. The van der Waals surface area contributed by atoms with Gasteiger partial charge in [0.2, 0.25) is 0 Å². The first-order chi connectivity index (χ1) is 13.7. The average Bonchev–Trinajstić information content (AvgIpc) is 3.18. The molecule has 0 atom stereocenters. The molecule has 2 aliphatic heterocycles. The molecule has 28 heavy (non-hydrogen) atoms. The molecule has 7 heteroatoms. The van der Waals surface area contributed by atoms with Crippen LogP contribution in [0.1, 0.15) is 33.9 Å². The van der Waals surface area contributed by atoms with Crippen molar-refractivity contribution in [3.8, 4) is 0 Å². The van der Waals surface area contributed by atoms with Crippen LogP contribution in [0.2, 0.25) is 0 Å². The number of carbonyl (C=O) groups excluding carboxylic acids is 1. The SMILES string of the molecule is Cc1nc(CNC2CCN(c3ccc(C(=O)N4CCOCC4)cc3)CC2)cs1. The van der Waals surface area contributed by atoms with Crippen LogP contribution >= 0.6 is 11.3 Å². The number of piperidine rings is 1. The van der Waals surface area contributed by atoms with Gasteiger partial charge in [-0.2, -0.15) is 0 Å². The van der Waals surface area contributed by atoms with Crippen molar-refractivity contribution in [2.24, 2.45) is 0 Å². The maximum atomic E-state index is 12.6. The van der Waals surface area contributed by atoms with Crippen LogP contribution in [0.15, 0.2) is 29.6 Å². The molecule has 2 saturated heterocycles. The van der Waals surface area contributed by atoms with Crippen molar-refractivity contribution in [3.05, 3.63) is 45.9 Å². The van der Waals surface area contributed by atoms with E-state index in [-0.39, 0.29) is 5.91 Å². The topological polar surface area (TPSA) is 57.7 Å². The number of benzene rings is 1. The summed E-state index contributed by atoms with van der Waals surface area (Å²) in [5.41, 5.74) is 3.11. The third kappa shape index (κ3) is 4.71. The molecule has 4 rings (SSSR count). The van der Waals surface area contributed by atoms with Crippen LogP contribution in [0.5, 0.6) is 0 Å². The van der Waals surface area contributed by atoms with E-state index in [0.29, 0.717) is 32.3 Å². The van der Waals surface area contributed by atoms with Crippen LogP contribution in [0.3, 0.4) is 0 Å². The average molecular weight is 401 g/mol. The standard InChI is InChI=1S/C21H28N4O2S/c1-16-23-19(15-28-16)14-22-18-6-8-24(9-7-18)20-4-2-17(3-5-20)21(26)25-10-12-27-13-11-25/h2-5,15,18,22H,6-14H2,1H3. The van der Waals surface area contributed by atoms with Crippen LogP contribution in [0.4, 0.5) is 5.69 Å². The number of nitrogens with one attached hydrogen (secondary N) is 1. The number of morpholine rings is 1. The summed E-state index contributed by atoms with van der Waals surface area (Å²) < 4.78 is 5.33. The number of ether oxygens (including phenoxy) is 1. The Balaban J connectivity index is 1.26. The van der Waals surface area contributed by atoms with Crippen molar-refractivity contribution >= 4 is 22.9 Å². The Morgan fingerprint density at radius 2 is 1.89 bits per heavy atom. The second-order valence-electron chi connectivity index (χ2n) is 7.45. The van der Waals surface area contributed by atoms with Crippen LogP contribution in [0, 0.1) is 6.92 Å². The molecular formula is C21H28N4O2S. The Morgan fingerprint density at radius 3 is 2.54 bits per heavy atom. The van der Waals surface area contributed by atoms with Crippen molar-refractivity contribution in [3.63, 3.8) is 0 Å². The predicted molar refractivity (Wildman–Crippen MR) is 112 cm³/mol. The van der Waals surface area contributed by atoms with Crippen molar-refractivity contribution < 1.29 is 9.53 Å². The molecule has 0 spiro atoms. The van der Waals surface area contributed by atoms with E-state index in [1.165, 1.54) is 5.69 Å². The number of carbonyl (C=O) groups is 1. The monoisotopic (exact) mass is 400 g/mol. The largest absolute Gasteiger partial charge is 0.378 e. The van der Waals surface area contributed by atoms with E-state index >= 15 is 0 Å². The molecule has 1 aromatic carbocycles. The maximum absolute atomic E-state index is 12.6.